The number of likely N-dealkylation sites (N-methyl/N-ethyl adjacent to an activating group) is 1. The molecule has 1 saturated heterocycles. The standard InChI is InChI=1S/C11H22N4O2/c1-3-14(8-10(12)16)9(2)11(17)15-6-4-13-5-7-15/h9,13H,3-8H2,1-2H3,(H2,12,16). The first-order chi connectivity index (χ1) is 8.06. The van der Waals surface area contributed by atoms with E-state index in [1.807, 2.05) is 18.7 Å². The van der Waals surface area contributed by atoms with Crippen LogP contribution in [0, 0.1) is 0 Å². The second-order valence-electron chi connectivity index (χ2n) is 4.28. The molecule has 0 saturated carbocycles. The highest BCUT2D eigenvalue weighted by Gasteiger charge is 2.26. The highest BCUT2D eigenvalue weighted by Crippen LogP contribution is 2.05. The Morgan fingerprint density at radius 2 is 2.00 bits per heavy atom. The number of amides is 2. The van der Waals surface area contributed by atoms with E-state index in [4.69, 9.17) is 5.73 Å². The van der Waals surface area contributed by atoms with Crippen LogP contribution in [0.15, 0.2) is 0 Å². The fourth-order valence-electron chi connectivity index (χ4n) is 2.03. The maximum atomic E-state index is 12.2. The van der Waals surface area contributed by atoms with Crippen LogP contribution in [-0.2, 0) is 9.59 Å². The number of nitrogens with two attached hydrogens (primary N) is 1. The number of carbonyl (C=O) groups excluding carboxylic acids is 2. The third-order valence-corrected chi connectivity index (χ3v) is 3.10. The van der Waals surface area contributed by atoms with E-state index in [-0.39, 0.29) is 18.5 Å². The summed E-state index contributed by atoms with van der Waals surface area (Å²) in [7, 11) is 0. The Bertz CT molecular complexity index is 277. The van der Waals surface area contributed by atoms with Gasteiger partial charge in [-0.05, 0) is 13.5 Å². The van der Waals surface area contributed by atoms with Gasteiger partial charge in [0.15, 0.2) is 0 Å². The highest BCUT2D eigenvalue weighted by atomic mass is 16.2. The topological polar surface area (TPSA) is 78.7 Å². The van der Waals surface area contributed by atoms with Gasteiger partial charge >= 0.3 is 0 Å². The van der Waals surface area contributed by atoms with Crippen molar-refractivity contribution in [1.82, 2.24) is 15.1 Å². The first-order valence-corrected chi connectivity index (χ1v) is 6.08. The van der Waals surface area contributed by atoms with Gasteiger partial charge in [-0.15, -0.1) is 0 Å². The van der Waals surface area contributed by atoms with Gasteiger partial charge in [-0.25, -0.2) is 0 Å². The number of piperazine rings is 1. The van der Waals surface area contributed by atoms with E-state index in [0.29, 0.717) is 6.54 Å². The van der Waals surface area contributed by atoms with Crippen LogP contribution in [0.1, 0.15) is 13.8 Å². The van der Waals surface area contributed by atoms with Crippen molar-refractivity contribution < 1.29 is 9.59 Å². The Morgan fingerprint density at radius 1 is 1.41 bits per heavy atom. The Balaban J connectivity index is 2.56. The molecule has 98 valence electrons. The molecule has 0 spiro atoms. The molecule has 0 aromatic carbocycles. The second kappa shape index (κ2) is 6.56. The lowest BCUT2D eigenvalue weighted by Crippen LogP contribution is -2.54. The fraction of sp³-hybridized carbons (Fsp3) is 0.818. The number of primary amides is 1. The second-order valence-corrected chi connectivity index (χ2v) is 4.28. The summed E-state index contributed by atoms with van der Waals surface area (Å²) >= 11 is 0. The number of rotatable bonds is 5. The molecule has 0 bridgehead atoms. The van der Waals surface area contributed by atoms with E-state index < -0.39 is 5.91 Å². The number of carbonyl (C=O) groups is 2. The SMILES string of the molecule is CCN(CC(N)=O)C(C)C(=O)N1CCNCC1. The molecule has 0 radical (unpaired) electrons. The van der Waals surface area contributed by atoms with Crippen molar-refractivity contribution in [1.29, 1.82) is 0 Å². The van der Waals surface area contributed by atoms with Gasteiger partial charge in [-0.2, -0.15) is 0 Å². The molecule has 6 heteroatoms. The molecular weight excluding hydrogens is 220 g/mol. The van der Waals surface area contributed by atoms with Gasteiger partial charge in [-0.1, -0.05) is 6.92 Å². The molecule has 2 amide bonds. The molecule has 0 aromatic rings. The van der Waals surface area contributed by atoms with E-state index in [2.05, 4.69) is 5.32 Å². The van der Waals surface area contributed by atoms with E-state index in [0.717, 1.165) is 26.2 Å². The zero-order chi connectivity index (χ0) is 12.8. The van der Waals surface area contributed by atoms with Gasteiger partial charge in [0.05, 0.1) is 12.6 Å². The smallest absolute Gasteiger partial charge is 0.239 e. The summed E-state index contributed by atoms with van der Waals surface area (Å²) in [4.78, 5) is 26.7. The summed E-state index contributed by atoms with van der Waals surface area (Å²) in [5.41, 5.74) is 5.17. The third kappa shape index (κ3) is 3.98. The van der Waals surface area contributed by atoms with Gasteiger partial charge in [0.1, 0.15) is 0 Å². The first-order valence-electron chi connectivity index (χ1n) is 6.08. The van der Waals surface area contributed by atoms with Crippen molar-refractivity contribution in [2.45, 2.75) is 19.9 Å². The lowest BCUT2D eigenvalue weighted by Gasteiger charge is -2.33. The lowest BCUT2D eigenvalue weighted by atomic mass is 10.2. The normalized spacial score (nSPS) is 18.2. The van der Waals surface area contributed by atoms with Gasteiger partial charge in [0.25, 0.3) is 0 Å². The molecule has 3 N–H and O–H groups in total. The Hall–Kier alpha value is -1.14. The molecule has 1 fully saturated rings. The largest absolute Gasteiger partial charge is 0.369 e. The number of hydrogen-bond donors (Lipinski definition) is 2. The van der Waals surface area contributed by atoms with Gasteiger partial charge < -0.3 is 16.0 Å². The maximum Gasteiger partial charge on any atom is 0.239 e. The lowest BCUT2D eigenvalue weighted by molar-refractivity contribution is -0.137. The van der Waals surface area contributed by atoms with Crippen LogP contribution < -0.4 is 11.1 Å². The molecule has 1 aliphatic rings. The van der Waals surface area contributed by atoms with Crippen LogP contribution in [0.5, 0.6) is 0 Å². The average molecular weight is 242 g/mol. The minimum absolute atomic E-state index is 0.0783. The fourth-order valence-corrected chi connectivity index (χ4v) is 2.03. The van der Waals surface area contributed by atoms with Crippen molar-refractivity contribution in [3.05, 3.63) is 0 Å². The van der Waals surface area contributed by atoms with Crippen LogP contribution in [-0.4, -0.2) is 66.9 Å². The highest BCUT2D eigenvalue weighted by molar-refractivity contribution is 5.83. The monoisotopic (exact) mass is 242 g/mol. The molecule has 1 atom stereocenters. The predicted octanol–water partition coefficient (Wildman–Crippen LogP) is -1.39. The Labute approximate surface area is 102 Å². The van der Waals surface area contributed by atoms with Crippen molar-refractivity contribution in [3.63, 3.8) is 0 Å². The average Bonchev–Trinajstić information content (AvgIpc) is 2.35. The molecule has 1 unspecified atom stereocenters. The molecule has 17 heavy (non-hydrogen) atoms. The van der Waals surface area contributed by atoms with Crippen molar-refractivity contribution in [2.75, 3.05) is 39.3 Å². The van der Waals surface area contributed by atoms with E-state index in [1.165, 1.54) is 0 Å². The summed E-state index contributed by atoms with van der Waals surface area (Å²) < 4.78 is 0. The van der Waals surface area contributed by atoms with Crippen LogP contribution in [0.4, 0.5) is 0 Å². The summed E-state index contributed by atoms with van der Waals surface area (Å²) in [5, 5.41) is 3.20. The molecule has 1 aliphatic heterocycles. The minimum Gasteiger partial charge on any atom is -0.369 e. The Morgan fingerprint density at radius 3 is 2.47 bits per heavy atom. The van der Waals surface area contributed by atoms with Crippen molar-refractivity contribution in [2.24, 2.45) is 5.73 Å². The number of nitrogens with zero attached hydrogens (tertiary/aromatic N) is 2. The molecule has 0 aliphatic carbocycles. The van der Waals surface area contributed by atoms with Crippen LogP contribution in [0.2, 0.25) is 0 Å². The van der Waals surface area contributed by atoms with Crippen LogP contribution in [0.25, 0.3) is 0 Å². The van der Waals surface area contributed by atoms with Crippen molar-refractivity contribution in [3.8, 4) is 0 Å². The molecule has 1 rings (SSSR count). The molecular formula is C11H22N4O2. The third-order valence-electron chi connectivity index (χ3n) is 3.10. The summed E-state index contributed by atoms with van der Waals surface area (Å²) in [6.45, 7) is 7.66. The van der Waals surface area contributed by atoms with Crippen LogP contribution in [0.3, 0.4) is 0 Å². The van der Waals surface area contributed by atoms with Crippen molar-refractivity contribution >= 4 is 11.8 Å². The minimum atomic E-state index is -0.396. The molecule has 0 aromatic heterocycles. The zero-order valence-electron chi connectivity index (χ0n) is 10.6. The molecule has 6 nitrogen and oxygen atoms in total. The van der Waals surface area contributed by atoms with E-state index >= 15 is 0 Å². The molecule has 1 heterocycles. The summed E-state index contributed by atoms with van der Waals surface area (Å²) in [6, 6.07) is -0.286. The number of nitrogens with one attached hydrogen (secondary N) is 1. The van der Waals surface area contributed by atoms with Gasteiger partial charge in [-0.3, -0.25) is 14.5 Å². The van der Waals surface area contributed by atoms with Gasteiger partial charge in [0.2, 0.25) is 11.8 Å². The summed E-state index contributed by atoms with van der Waals surface area (Å²) in [5.74, 6) is -0.318. The summed E-state index contributed by atoms with van der Waals surface area (Å²) in [6.07, 6.45) is 0. The number of hydrogen-bond acceptors (Lipinski definition) is 4. The zero-order valence-corrected chi connectivity index (χ0v) is 10.6. The quantitative estimate of drug-likeness (QED) is 0.622. The van der Waals surface area contributed by atoms with Crippen LogP contribution >= 0.6 is 0 Å². The predicted molar refractivity (Wildman–Crippen MR) is 65.4 cm³/mol. The van der Waals surface area contributed by atoms with E-state index in [1.54, 1.807) is 4.90 Å². The Kier molecular flexibility index (Phi) is 5.37. The van der Waals surface area contributed by atoms with Gasteiger partial charge in [0, 0.05) is 26.2 Å². The maximum absolute atomic E-state index is 12.2. The van der Waals surface area contributed by atoms with E-state index in [9.17, 15) is 9.59 Å². The first kappa shape index (κ1) is 13.9.